The van der Waals surface area contributed by atoms with Crippen molar-refractivity contribution < 1.29 is 4.39 Å². The number of aromatic amines is 1. The highest BCUT2D eigenvalue weighted by molar-refractivity contribution is 6.30. The van der Waals surface area contributed by atoms with Crippen LogP contribution in [0.1, 0.15) is 17.8 Å². The number of aryl methyl sites for hydroxylation is 1. The van der Waals surface area contributed by atoms with Crippen molar-refractivity contribution in [1.29, 1.82) is 0 Å². The van der Waals surface area contributed by atoms with Crippen LogP contribution in [0.3, 0.4) is 0 Å². The van der Waals surface area contributed by atoms with E-state index >= 15 is 0 Å². The lowest BCUT2D eigenvalue weighted by atomic mass is 10.2. The van der Waals surface area contributed by atoms with Crippen LogP contribution in [0.4, 0.5) is 4.39 Å². The van der Waals surface area contributed by atoms with Crippen molar-refractivity contribution in [3.8, 4) is 0 Å². The van der Waals surface area contributed by atoms with Crippen LogP contribution in [-0.4, -0.2) is 21.7 Å². The molecule has 0 spiro atoms. The maximum Gasteiger partial charge on any atom is 0.137 e. The molecule has 2 N–H and O–H groups in total. The molecule has 1 heterocycles. The van der Waals surface area contributed by atoms with E-state index in [2.05, 4.69) is 20.5 Å². The Labute approximate surface area is 110 Å². The monoisotopic (exact) mass is 268 g/mol. The maximum absolute atomic E-state index is 13.1. The van der Waals surface area contributed by atoms with Crippen LogP contribution in [-0.2, 0) is 13.0 Å². The second kappa shape index (κ2) is 6.47. The Balaban J connectivity index is 1.68. The lowest BCUT2D eigenvalue weighted by Gasteiger charge is -2.05. The quantitative estimate of drug-likeness (QED) is 0.791. The van der Waals surface area contributed by atoms with Crippen molar-refractivity contribution in [3.05, 3.63) is 46.8 Å². The first-order valence-corrected chi connectivity index (χ1v) is 6.12. The van der Waals surface area contributed by atoms with Gasteiger partial charge in [-0.2, -0.15) is 5.10 Å². The molecule has 0 saturated heterocycles. The fourth-order valence-corrected chi connectivity index (χ4v) is 1.92. The highest BCUT2D eigenvalue weighted by Gasteiger charge is 1.99. The normalized spacial score (nSPS) is 10.8. The topological polar surface area (TPSA) is 53.6 Å². The molecule has 1 aromatic carbocycles. The zero-order chi connectivity index (χ0) is 12.8. The van der Waals surface area contributed by atoms with Crippen molar-refractivity contribution in [1.82, 2.24) is 20.5 Å². The zero-order valence-electron chi connectivity index (χ0n) is 9.79. The molecule has 0 aliphatic heterocycles. The van der Waals surface area contributed by atoms with Gasteiger partial charge in [-0.3, -0.25) is 5.10 Å². The number of nitrogens with one attached hydrogen (secondary N) is 2. The van der Waals surface area contributed by atoms with E-state index < -0.39 is 0 Å². The van der Waals surface area contributed by atoms with Gasteiger partial charge in [0.2, 0.25) is 0 Å². The van der Waals surface area contributed by atoms with E-state index in [1.54, 1.807) is 6.07 Å². The van der Waals surface area contributed by atoms with Gasteiger partial charge in [-0.25, -0.2) is 9.37 Å². The summed E-state index contributed by atoms with van der Waals surface area (Å²) in [5.74, 6) is 0.576. The average molecular weight is 269 g/mol. The minimum Gasteiger partial charge on any atom is -0.313 e. The summed E-state index contributed by atoms with van der Waals surface area (Å²) in [6, 6.07) is 4.54. The van der Waals surface area contributed by atoms with Crippen LogP contribution >= 0.6 is 11.6 Å². The third-order valence-electron chi connectivity index (χ3n) is 2.48. The van der Waals surface area contributed by atoms with E-state index in [9.17, 15) is 4.39 Å². The summed E-state index contributed by atoms with van der Waals surface area (Å²) < 4.78 is 13.1. The standard InChI is InChI=1S/C12H14ClFN4/c13-10-4-9(5-11(14)6-10)7-15-3-1-2-12-16-8-17-18-12/h4-6,8,15H,1-3,7H2,(H,16,17,18). The number of nitrogens with zero attached hydrogens (tertiary/aromatic N) is 2. The van der Waals surface area contributed by atoms with Crippen molar-refractivity contribution in [2.75, 3.05) is 6.54 Å². The third-order valence-corrected chi connectivity index (χ3v) is 2.70. The minimum atomic E-state index is -0.305. The Bertz CT molecular complexity index is 467. The zero-order valence-corrected chi connectivity index (χ0v) is 10.5. The third kappa shape index (κ3) is 4.09. The molecule has 2 aromatic rings. The van der Waals surface area contributed by atoms with Crippen molar-refractivity contribution >= 4 is 11.6 Å². The summed E-state index contributed by atoms with van der Waals surface area (Å²) in [6.45, 7) is 1.43. The lowest BCUT2D eigenvalue weighted by molar-refractivity contribution is 0.614. The van der Waals surface area contributed by atoms with Gasteiger partial charge in [0.15, 0.2) is 0 Å². The molecular weight excluding hydrogens is 255 g/mol. The van der Waals surface area contributed by atoms with Gasteiger partial charge in [-0.1, -0.05) is 11.6 Å². The molecule has 0 aliphatic carbocycles. The molecule has 0 atom stereocenters. The number of hydrogen-bond donors (Lipinski definition) is 2. The fraction of sp³-hybridized carbons (Fsp3) is 0.333. The van der Waals surface area contributed by atoms with Crippen LogP contribution < -0.4 is 5.32 Å². The summed E-state index contributed by atoms with van der Waals surface area (Å²) in [5.41, 5.74) is 0.847. The lowest BCUT2D eigenvalue weighted by Crippen LogP contribution is -2.15. The number of halogens is 2. The molecule has 0 amide bonds. The number of benzene rings is 1. The first kappa shape index (κ1) is 13.0. The Morgan fingerprint density at radius 3 is 2.94 bits per heavy atom. The second-order valence-electron chi connectivity index (χ2n) is 3.99. The van der Waals surface area contributed by atoms with Gasteiger partial charge >= 0.3 is 0 Å². The van der Waals surface area contributed by atoms with Gasteiger partial charge in [0.25, 0.3) is 0 Å². The molecule has 2 rings (SSSR count). The Morgan fingerprint density at radius 2 is 2.22 bits per heavy atom. The Kier molecular flexibility index (Phi) is 4.66. The smallest absolute Gasteiger partial charge is 0.137 e. The van der Waals surface area contributed by atoms with Crippen molar-refractivity contribution in [2.24, 2.45) is 0 Å². The highest BCUT2D eigenvalue weighted by atomic mass is 35.5. The van der Waals surface area contributed by atoms with E-state index in [1.165, 1.54) is 18.5 Å². The molecule has 0 bridgehead atoms. The SMILES string of the molecule is Fc1cc(Cl)cc(CNCCCc2ncn[nH]2)c1. The molecule has 0 fully saturated rings. The number of hydrogen-bond acceptors (Lipinski definition) is 3. The van der Waals surface area contributed by atoms with E-state index in [-0.39, 0.29) is 5.82 Å². The molecule has 96 valence electrons. The maximum atomic E-state index is 13.1. The molecule has 0 radical (unpaired) electrons. The van der Waals surface area contributed by atoms with E-state index in [4.69, 9.17) is 11.6 Å². The summed E-state index contributed by atoms with van der Waals surface area (Å²) >= 11 is 5.77. The van der Waals surface area contributed by atoms with E-state index in [1.807, 2.05) is 0 Å². The van der Waals surface area contributed by atoms with E-state index in [0.29, 0.717) is 11.6 Å². The van der Waals surface area contributed by atoms with Gasteiger partial charge in [0, 0.05) is 18.0 Å². The first-order chi connectivity index (χ1) is 8.74. The fourth-order valence-electron chi connectivity index (χ4n) is 1.68. The molecule has 1 aromatic heterocycles. The van der Waals surface area contributed by atoms with Crippen LogP contribution in [0.15, 0.2) is 24.5 Å². The number of rotatable bonds is 6. The number of H-pyrrole nitrogens is 1. The first-order valence-electron chi connectivity index (χ1n) is 5.74. The summed E-state index contributed by atoms with van der Waals surface area (Å²) in [4.78, 5) is 4.03. The largest absolute Gasteiger partial charge is 0.313 e. The van der Waals surface area contributed by atoms with Gasteiger partial charge in [0.1, 0.15) is 18.0 Å². The minimum absolute atomic E-state index is 0.305. The predicted octanol–water partition coefficient (Wildman–Crippen LogP) is 2.32. The molecule has 0 aliphatic rings. The molecular formula is C12H14ClFN4. The summed E-state index contributed by atoms with van der Waals surface area (Å²) in [6.07, 6.45) is 3.28. The van der Waals surface area contributed by atoms with Crippen molar-refractivity contribution in [3.63, 3.8) is 0 Å². The molecule has 0 saturated carbocycles. The van der Waals surface area contributed by atoms with E-state index in [0.717, 1.165) is 30.8 Å². The van der Waals surface area contributed by atoms with Gasteiger partial charge in [-0.15, -0.1) is 0 Å². The predicted molar refractivity (Wildman–Crippen MR) is 67.8 cm³/mol. The van der Waals surface area contributed by atoms with Crippen LogP contribution in [0, 0.1) is 5.82 Å². The van der Waals surface area contributed by atoms with Crippen molar-refractivity contribution in [2.45, 2.75) is 19.4 Å². The van der Waals surface area contributed by atoms with Gasteiger partial charge in [-0.05, 0) is 36.7 Å². The molecule has 0 unspecified atom stereocenters. The molecule has 6 heteroatoms. The van der Waals surface area contributed by atoms with Crippen LogP contribution in [0.5, 0.6) is 0 Å². The van der Waals surface area contributed by atoms with Gasteiger partial charge < -0.3 is 5.32 Å². The molecule has 18 heavy (non-hydrogen) atoms. The van der Waals surface area contributed by atoms with Gasteiger partial charge in [0.05, 0.1) is 0 Å². The summed E-state index contributed by atoms with van der Waals surface area (Å²) in [5, 5.41) is 10.2. The molecule has 4 nitrogen and oxygen atoms in total. The average Bonchev–Trinajstić information content (AvgIpc) is 2.80. The Hall–Kier alpha value is -1.46. The Morgan fingerprint density at radius 1 is 1.33 bits per heavy atom. The highest BCUT2D eigenvalue weighted by Crippen LogP contribution is 2.13. The summed E-state index contributed by atoms with van der Waals surface area (Å²) in [7, 11) is 0. The second-order valence-corrected chi connectivity index (χ2v) is 4.43. The van der Waals surface area contributed by atoms with Crippen LogP contribution in [0.2, 0.25) is 5.02 Å². The number of aromatic nitrogens is 3. The van der Waals surface area contributed by atoms with Crippen LogP contribution in [0.25, 0.3) is 0 Å².